The van der Waals surface area contributed by atoms with Crippen LogP contribution in [0.3, 0.4) is 0 Å². The third-order valence-corrected chi connectivity index (χ3v) is 2.70. The fourth-order valence-electron chi connectivity index (χ4n) is 1.46. The van der Waals surface area contributed by atoms with Crippen LogP contribution in [0.25, 0.3) is 11.0 Å². The number of fused-ring (bicyclic) bond motifs is 1. The number of alkyl halides is 1. The molecular weight excluding hydrogens is 307 g/mol. The average Bonchev–Trinajstić information content (AvgIpc) is 2.71. The van der Waals surface area contributed by atoms with E-state index in [1.54, 1.807) is 18.0 Å². The van der Waals surface area contributed by atoms with Gasteiger partial charge in [0, 0.05) is 5.33 Å². The first-order valence-corrected chi connectivity index (χ1v) is 6.40. The Balaban J connectivity index is 2.47. The highest BCUT2D eigenvalue weighted by atomic mass is 79.9. The van der Waals surface area contributed by atoms with Gasteiger partial charge in [0.25, 0.3) is 0 Å². The molecule has 0 fully saturated rings. The molecule has 2 aromatic heterocycles. The van der Waals surface area contributed by atoms with Gasteiger partial charge in [-0.1, -0.05) is 28.1 Å². The maximum Gasteiger partial charge on any atom is 0.244 e. The molecule has 2 heterocycles. The fourth-order valence-corrected chi connectivity index (χ4v) is 1.89. The predicted molar refractivity (Wildman–Crippen MR) is 69.8 cm³/mol. The summed E-state index contributed by atoms with van der Waals surface area (Å²) in [6.45, 7) is 0.635. The van der Waals surface area contributed by atoms with Crippen molar-refractivity contribution >= 4 is 38.6 Å². The van der Waals surface area contributed by atoms with Crippen LogP contribution in [0.2, 0.25) is 5.28 Å². The number of hydrogen-bond acceptors (Lipinski definition) is 4. The number of hydrogen-bond donors (Lipinski definition) is 0. The van der Waals surface area contributed by atoms with E-state index in [0.29, 0.717) is 17.9 Å². The van der Waals surface area contributed by atoms with E-state index in [2.05, 4.69) is 31.0 Å². The van der Waals surface area contributed by atoms with Gasteiger partial charge < -0.3 is 4.74 Å². The third kappa shape index (κ3) is 2.58. The molecular formula is C10H10BrClN4O. The third-order valence-electron chi connectivity index (χ3n) is 2.16. The number of allylic oxidation sites excluding steroid dienone is 2. The summed E-state index contributed by atoms with van der Waals surface area (Å²) < 4.78 is 6.95. The lowest BCUT2D eigenvalue weighted by molar-refractivity contribution is 0.399. The van der Waals surface area contributed by atoms with Gasteiger partial charge in [-0.2, -0.15) is 10.1 Å². The first-order chi connectivity index (χ1) is 8.26. The summed E-state index contributed by atoms with van der Waals surface area (Å²) in [6, 6.07) is 0. The summed E-state index contributed by atoms with van der Waals surface area (Å²) in [5.74, 6) is 0.435. The van der Waals surface area contributed by atoms with Crippen LogP contribution in [-0.2, 0) is 6.54 Å². The molecule has 5 nitrogen and oxygen atoms in total. The summed E-state index contributed by atoms with van der Waals surface area (Å²) in [5.41, 5.74) is 1.42. The van der Waals surface area contributed by atoms with Crippen LogP contribution >= 0.6 is 27.5 Å². The zero-order valence-electron chi connectivity index (χ0n) is 9.10. The van der Waals surface area contributed by atoms with E-state index in [1.165, 1.54) is 0 Å². The van der Waals surface area contributed by atoms with E-state index in [4.69, 9.17) is 16.3 Å². The van der Waals surface area contributed by atoms with E-state index >= 15 is 0 Å². The maximum atomic E-state index is 5.78. The molecule has 0 aliphatic carbocycles. The molecule has 90 valence electrons. The second-order valence-electron chi connectivity index (χ2n) is 3.19. The van der Waals surface area contributed by atoms with E-state index in [9.17, 15) is 0 Å². The van der Waals surface area contributed by atoms with E-state index < -0.39 is 0 Å². The van der Waals surface area contributed by atoms with E-state index in [1.807, 2.05) is 12.2 Å². The van der Waals surface area contributed by atoms with Gasteiger partial charge in [0.1, 0.15) is 11.0 Å². The Bertz CT molecular complexity index is 554. The highest BCUT2D eigenvalue weighted by Crippen LogP contribution is 2.23. The summed E-state index contributed by atoms with van der Waals surface area (Å²) in [5, 5.41) is 5.19. The zero-order valence-corrected chi connectivity index (χ0v) is 11.4. The number of rotatable bonds is 4. The van der Waals surface area contributed by atoms with Gasteiger partial charge in [-0.3, -0.25) is 4.68 Å². The summed E-state index contributed by atoms with van der Waals surface area (Å²) >= 11 is 9.10. The number of methoxy groups -OCH3 is 1. The van der Waals surface area contributed by atoms with Crippen LogP contribution in [-0.4, -0.2) is 32.2 Å². The molecule has 0 aliphatic heterocycles. The van der Waals surface area contributed by atoms with Crippen molar-refractivity contribution in [1.29, 1.82) is 0 Å². The number of ether oxygens (including phenoxy) is 1. The zero-order chi connectivity index (χ0) is 12.3. The van der Waals surface area contributed by atoms with Crippen molar-refractivity contribution in [2.45, 2.75) is 6.54 Å². The van der Waals surface area contributed by atoms with Crippen molar-refractivity contribution in [2.24, 2.45) is 0 Å². The van der Waals surface area contributed by atoms with Crippen LogP contribution in [0.15, 0.2) is 18.3 Å². The molecule has 0 atom stereocenters. The Morgan fingerprint density at radius 3 is 3.00 bits per heavy atom. The van der Waals surface area contributed by atoms with Crippen molar-refractivity contribution in [3.8, 4) is 5.88 Å². The molecule has 0 saturated heterocycles. The van der Waals surface area contributed by atoms with Gasteiger partial charge in [-0.15, -0.1) is 0 Å². The van der Waals surface area contributed by atoms with Crippen molar-refractivity contribution in [2.75, 3.05) is 12.4 Å². The number of halogens is 2. The lowest BCUT2D eigenvalue weighted by Crippen LogP contribution is -2.01. The molecule has 2 aromatic rings. The molecule has 2 rings (SSSR count). The lowest BCUT2D eigenvalue weighted by Gasteiger charge is -2.04. The second kappa shape index (κ2) is 5.46. The lowest BCUT2D eigenvalue weighted by atomic mass is 10.4. The van der Waals surface area contributed by atoms with Crippen LogP contribution < -0.4 is 4.74 Å². The second-order valence-corrected chi connectivity index (χ2v) is 4.17. The van der Waals surface area contributed by atoms with Gasteiger partial charge in [-0.05, 0) is 11.6 Å². The summed E-state index contributed by atoms with van der Waals surface area (Å²) in [6.07, 6.45) is 5.64. The molecule has 0 unspecified atom stereocenters. The molecule has 7 heteroatoms. The molecule has 0 radical (unpaired) electrons. The maximum absolute atomic E-state index is 5.78. The van der Waals surface area contributed by atoms with Crippen molar-refractivity contribution in [3.63, 3.8) is 0 Å². The normalized spacial score (nSPS) is 11.5. The predicted octanol–water partition coefficient (Wildman–Crippen LogP) is 2.44. The van der Waals surface area contributed by atoms with Gasteiger partial charge >= 0.3 is 0 Å². The molecule has 17 heavy (non-hydrogen) atoms. The van der Waals surface area contributed by atoms with Gasteiger partial charge in [-0.25, -0.2) is 4.98 Å². The minimum Gasteiger partial charge on any atom is -0.479 e. The van der Waals surface area contributed by atoms with Gasteiger partial charge in [0.2, 0.25) is 11.2 Å². The van der Waals surface area contributed by atoms with E-state index in [0.717, 1.165) is 10.8 Å². The molecule has 0 bridgehead atoms. The minimum atomic E-state index is 0.157. The topological polar surface area (TPSA) is 52.8 Å². The van der Waals surface area contributed by atoms with Crippen molar-refractivity contribution in [1.82, 2.24) is 19.7 Å². The molecule has 0 saturated carbocycles. The average molecular weight is 318 g/mol. The SMILES string of the molecule is COc1nc(Cl)nc2cnn(C/C=C/CBr)c12. The monoisotopic (exact) mass is 316 g/mol. The number of aromatic nitrogens is 4. The Hall–Kier alpha value is -1.14. The summed E-state index contributed by atoms with van der Waals surface area (Å²) in [4.78, 5) is 8.11. The summed E-state index contributed by atoms with van der Waals surface area (Å²) in [7, 11) is 1.55. The van der Waals surface area contributed by atoms with Gasteiger partial charge in [0.05, 0.1) is 19.9 Å². The minimum absolute atomic E-state index is 0.157. The van der Waals surface area contributed by atoms with Crippen LogP contribution in [0.4, 0.5) is 0 Å². The Kier molecular flexibility index (Phi) is 3.96. The Morgan fingerprint density at radius 1 is 1.47 bits per heavy atom. The van der Waals surface area contributed by atoms with E-state index in [-0.39, 0.29) is 5.28 Å². The first-order valence-electron chi connectivity index (χ1n) is 4.90. The molecule has 0 aliphatic rings. The van der Waals surface area contributed by atoms with Gasteiger partial charge in [0.15, 0.2) is 0 Å². The van der Waals surface area contributed by atoms with Crippen molar-refractivity contribution in [3.05, 3.63) is 23.6 Å². The number of nitrogens with zero attached hydrogens (tertiary/aromatic N) is 4. The smallest absolute Gasteiger partial charge is 0.244 e. The fraction of sp³-hybridized carbons (Fsp3) is 0.300. The van der Waals surface area contributed by atoms with Crippen LogP contribution in [0.1, 0.15) is 0 Å². The standard InChI is InChI=1S/C10H10BrClN4O/c1-17-9-8-7(14-10(12)15-9)6-13-16(8)5-3-2-4-11/h2-3,6H,4-5H2,1H3/b3-2+. The highest BCUT2D eigenvalue weighted by Gasteiger charge is 2.12. The highest BCUT2D eigenvalue weighted by molar-refractivity contribution is 9.09. The molecule has 0 amide bonds. The van der Waals surface area contributed by atoms with Crippen molar-refractivity contribution < 1.29 is 4.74 Å². The van der Waals surface area contributed by atoms with Crippen LogP contribution in [0.5, 0.6) is 5.88 Å². The quantitative estimate of drug-likeness (QED) is 0.494. The first kappa shape index (κ1) is 12.3. The van der Waals surface area contributed by atoms with Crippen LogP contribution in [0, 0.1) is 0 Å². The Labute approximate surface area is 112 Å². The molecule has 0 spiro atoms. The molecule has 0 N–H and O–H groups in total. The molecule has 0 aromatic carbocycles. The largest absolute Gasteiger partial charge is 0.479 e. The Morgan fingerprint density at radius 2 is 2.29 bits per heavy atom.